The maximum Gasteiger partial charge on any atom is 0.0694 e. The summed E-state index contributed by atoms with van der Waals surface area (Å²) in [4.78, 5) is 0. The molecule has 3 nitrogen and oxygen atoms in total. The van der Waals surface area contributed by atoms with Crippen molar-refractivity contribution in [2.75, 3.05) is 24.1 Å². The summed E-state index contributed by atoms with van der Waals surface area (Å²) < 4.78 is 0. The Hall–Kier alpha value is -0.640. The molecule has 0 heterocycles. The highest BCUT2D eigenvalue weighted by Crippen LogP contribution is 2.30. The topological polar surface area (TPSA) is 64.1 Å². The summed E-state index contributed by atoms with van der Waals surface area (Å²) in [6, 6.07) is 3.44. The van der Waals surface area contributed by atoms with Crippen LogP contribution < -0.4 is 16.8 Å². The van der Waals surface area contributed by atoms with Crippen molar-refractivity contribution < 1.29 is 0 Å². The first kappa shape index (κ1) is 10.4. The minimum absolute atomic E-state index is 0.404. The van der Waals surface area contributed by atoms with Gasteiger partial charge in [-0.1, -0.05) is 23.2 Å². The minimum Gasteiger partial charge on any atom is -0.396 e. The summed E-state index contributed by atoms with van der Waals surface area (Å²) in [5, 5.41) is 3.96. The van der Waals surface area contributed by atoms with Crippen LogP contribution in [0, 0.1) is 0 Å². The number of nitrogens with two attached hydrogens (primary N) is 2. The Bertz CT molecular complexity index is 278. The third-order valence-corrected chi connectivity index (χ3v) is 2.18. The number of anilines is 2. The van der Waals surface area contributed by atoms with Gasteiger partial charge in [-0.05, 0) is 12.1 Å². The van der Waals surface area contributed by atoms with Gasteiger partial charge in [0.25, 0.3) is 0 Å². The van der Waals surface area contributed by atoms with Crippen LogP contribution in [0.15, 0.2) is 12.1 Å². The van der Waals surface area contributed by atoms with Crippen LogP contribution in [0.3, 0.4) is 0 Å². The zero-order valence-corrected chi connectivity index (χ0v) is 8.49. The maximum absolute atomic E-state index is 5.82. The Labute approximate surface area is 87.0 Å². The molecule has 0 aliphatic heterocycles. The minimum atomic E-state index is 0.404. The predicted octanol–water partition coefficient (Wildman–Crippen LogP) is 1.95. The van der Waals surface area contributed by atoms with E-state index < -0.39 is 0 Å². The third kappa shape index (κ3) is 2.66. The molecule has 72 valence electrons. The standard InChI is InChI=1S/C8H11Cl2N3/c9-6-3-5(13-2-1-11)4-7(10)8(6)12/h3-4,13H,1-2,11-12H2. The molecule has 13 heavy (non-hydrogen) atoms. The zero-order chi connectivity index (χ0) is 9.84. The van der Waals surface area contributed by atoms with E-state index in [9.17, 15) is 0 Å². The van der Waals surface area contributed by atoms with Crippen LogP contribution in [0.25, 0.3) is 0 Å². The lowest BCUT2D eigenvalue weighted by Crippen LogP contribution is -2.13. The maximum atomic E-state index is 5.82. The zero-order valence-electron chi connectivity index (χ0n) is 6.98. The second-order valence-electron chi connectivity index (χ2n) is 2.57. The second kappa shape index (κ2) is 4.56. The Balaban J connectivity index is 2.86. The lowest BCUT2D eigenvalue weighted by Gasteiger charge is -2.07. The smallest absolute Gasteiger partial charge is 0.0694 e. The monoisotopic (exact) mass is 219 g/mol. The van der Waals surface area contributed by atoms with Gasteiger partial charge >= 0.3 is 0 Å². The highest BCUT2D eigenvalue weighted by atomic mass is 35.5. The van der Waals surface area contributed by atoms with Gasteiger partial charge in [0, 0.05) is 18.8 Å². The van der Waals surface area contributed by atoms with Crippen LogP contribution in [0.2, 0.25) is 10.0 Å². The number of hydrogen-bond acceptors (Lipinski definition) is 3. The van der Waals surface area contributed by atoms with Gasteiger partial charge in [0.15, 0.2) is 0 Å². The van der Waals surface area contributed by atoms with Gasteiger partial charge in [0.1, 0.15) is 0 Å². The van der Waals surface area contributed by atoms with Crippen LogP contribution in [-0.4, -0.2) is 13.1 Å². The van der Waals surface area contributed by atoms with E-state index in [1.807, 2.05) is 0 Å². The molecule has 0 fully saturated rings. The largest absolute Gasteiger partial charge is 0.396 e. The predicted molar refractivity (Wildman–Crippen MR) is 58.4 cm³/mol. The Morgan fingerprint density at radius 3 is 2.23 bits per heavy atom. The molecule has 5 N–H and O–H groups in total. The van der Waals surface area contributed by atoms with Crippen molar-refractivity contribution in [1.82, 2.24) is 0 Å². The van der Waals surface area contributed by atoms with Gasteiger partial charge in [-0.3, -0.25) is 0 Å². The number of rotatable bonds is 3. The molecule has 0 bridgehead atoms. The summed E-state index contributed by atoms with van der Waals surface area (Å²) in [5.74, 6) is 0. The fraction of sp³-hybridized carbons (Fsp3) is 0.250. The molecule has 5 heteroatoms. The average molecular weight is 220 g/mol. The summed E-state index contributed by atoms with van der Waals surface area (Å²) in [6.45, 7) is 1.23. The molecule has 0 saturated carbocycles. The fourth-order valence-electron chi connectivity index (χ4n) is 0.903. The van der Waals surface area contributed by atoms with Gasteiger partial charge in [-0.25, -0.2) is 0 Å². The van der Waals surface area contributed by atoms with Crippen molar-refractivity contribution in [1.29, 1.82) is 0 Å². The van der Waals surface area contributed by atoms with Crippen molar-refractivity contribution in [2.45, 2.75) is 0 Å². The van der Waals surface area contributed by atoms with Crippen LogP contribution in [0.5, 0.6) is 0 Å². The van der Waals surface area contributed by atoms with E-state index in [-0.39, 0.29) is 0 Å². The Morgan fingerprint density at radius 2 is 1.77 bits per heavy atom. The first-order valence-electron chi connectivity index (χ1n) is 3.83. The molecule has 0 atom stereocenters. The molecule has 0 unspecified atom stereocenters. The third-order valence-electron chi connectivity index (χ3n) is 1.55. The van der Waals surface area contributed by atoms with Crippen molar-refractivity contribution in [3.8, 4) is 0 Å². The van der Waals surface area contributed by atoms with E-state index in [1.165, 1.54) is 0 Å². The number of hydrogen-bond donors (Lipinski definition) is 3. The molecule has 0 radical (unpaired) electrons. The molecule has 1 rings (SSSR count). The van der Waals surface area contributed by atoms with Gasteiger partial charge in [-0.2, -0.15) is 0 Å². The highest BCUT2D eigenvalue weighted by Gasteiger charge is 2.03. The molecular formula is C8H11Cl2N3. The van der Waals surface area contributed by atoms with Gasteiger partial charge in [0.2, 0.25) is 0 Å². The molecular weight excluding hydrogens is 209 g/mol. The van der Waals surface area contributed by atoms with Gasteiger partial charge in [0.05, 0.1) is 15.7 Å². The molecule has 0 aliphatic carbocycles. The van der Waals surface area contributed by atoms with Gasteiger partial charge in [-0.15, -0.1) is 0 Å². The van der Waals surface area contributed by atoms with E-state index in [0.29, 0.717) is 28.8 Å². The first-order valence-corrected chi connectivity index (χ1v) is 4.59. The molecule has 0 aliphatic rings. The summed E-state index contributed by atoms with van der Waals surface area (Å²) in [7, 11) is 0. The lowest BCUT2D eigenvalue weighted by atomic mass is 10.3. The average Bonchev–Trinajstić information content (AvgIpc) is 2.10. The van der Waals surface area contributed by atoms with Crippen LogP contribution in [0.4, 0.5) is 11.4 Å². The van der Waals surface area contributed by atoms with Crippen molar-refractivity contribution in [3.05, 3.63) is 22.2 Å². The molecule has 0 saturated heterocycles. The summed E-state index contributed by atoms with van der Waals surface area (Å²) in [5.41, 5.74) is 12.1. The normalized spacial score (nSPS) is 10.1. The number of nitrogens with one attached hydrogen (secondary N) is 1. The van der Waals surface area contributed by atoms with Crippen molar-refractivity contribution in [3.63, 3.8) is 0 Å². The molecule has 0 amide bonds. The first-order chi connectivity index (χ1) is 6.15. The number of nitrogen functional groups attached to an aromatic ring is 1. The van der Waals surface area contributed by atoms with Crippen LogP contribution in [-0.2, 0) is 0 Å². The van der Waals surface area contributed by atoms with Gasteiger partial charge < -0.3 is 16.8 Å². The van der Waals surface area contributed by atoms with E-state index in [2.05, 4.69) is 5.32 Å². The molecule has 0 aromatic heterocycles. The fourth-order valence-corrected chi connectivity index (χ4v) is 1.39. The SMILES string of the molecule is NCCNc1cc(Cl)c(N)c(Cl)c1. The quantitative estimate of drug-likeness (QED) is 0.682. The number of halogens is 2. The van der Waals surface area contributed by atoms with Crippen molar-refractivity contribution in [2.24, 2.45) is 5.73 Å². The summed E-state index contributed by atoms with van der Waals surface area (Å²) in [6.07, 6.45) is 0. The number of benzene rings is 1. The molecule has 1 aromatic rings. The van der Waals surface area contributed by atoms with Crippen molar-refractivity contribution >= 4 is 34.6 Å². The Morgan fingerprint density at radius 1 is 1.23 bits per heavy atom. The van der Waals surface area contributed by atoms with E-state index in [0.717, 1.165) is 5.69 Å². The summed E-state index contributed by atoms with van der Waals surface area (Å²) >= 11 is 11.6. The second-order valence-corrected chi connectivity index (χ2v) is 3.38. The Kier molecular flexibility index (Phi) is 3.66. The van der Waals surface area contributed by atoms with E-state index >= 15 is 0 Å². The molecule has 1 aromatic carbocycles. The molecule has 0 spiro atoms. The van der Waals surface area contributed by atoms with Crippen LogP contribution in [0.1, 0.15) is 0 Å². The lowest BCUT2D eigenvalue weighted by molar-refractivity contribution is 1.02. The van der Waals surface area contributed by atoms with Crippen LogP contribution >= 0.6 is 23.2 Å². The van der Waals surface area contributed by atoms with E-state index in [1.54, 1.807) is 12.1 Å². The highest BCUT2D eigenvalue weighted by molar-refractivity contribution is 6.39. The van der Waals surface area contributed by atoms with E-state index in [4.69, 9.17) is 34.7 Å².